The number of rotatable bonds is 6. The molecule has 3 rings (SSSR count). The fourth-order valence-corrected chi connectivity index (χ4v) is 5.26. The lowest BCUT2D eigenvalue weighted by atomic mass is 9.96. The standard InChI is InChI=1S/C21H22FN3O2S2/c1-21(2,3)13-25(20(26)27)12-15-11-17(16-5-4-8-24-18(16)22)19(29-15)28-14-6-9-23-10-7-14/h4-11H,12-13H2,1-3H3,(H,26,27). The Morgan fingerprint density at radius 3 is 2.55 bits per heavy atom. The summed E-state index contributed by atoms with van der Waals surface area (Å²) in [5.74, 6) is -0.543. The summed E-state index contributed by atoms with van der Waals surface area (Å²) in [6.07, 6.45) is 3.86. The van der Waals surface area contributed by atoms with Crippen LogP contribution in [0.4, 0.5) is 9.18 Å². The van der Waals surface area contributed by atoms with E-state index < -0.39 is 12.0 Å². The monoisotopic (exact) mass is 431 g/mol. The second-order valence-electron chi connectivity index (χ2n) is 7.74. The molecule has 1 amide bonds. The van der Waals surface area contributed by atoms with E-state index >= 15 is 0 Å². The Morgan fingerprint density at radius 1 is 1.21 bits per heavy atom. The average Bonchev–Trinajstić information content (AvgIpc) is 3.03. The van der Waals surface area contributed by atoms with Crippen LogP contribution in [0.15, 0.2) is 58.0 Å². The third kappa shape index (κ3) is 5.77. The Hall–Kier alpha value is -2.45. The van der Waals surface area contributed by atoms with Crippen LogP contribution in [0.1, 0.15) is 25.6 Å². The molecule has 1 N–H and O–H groups in total. The molecule has 0 unspecified atom stereocenters. The number of hydrogen-bond acceptors (Lipinski definition) is 5. The molecule has 0 saturated carbocycles. The van der Waals surface area contributed by atoms with Crippen LogP contribution in [-0.2, 0) is 6.54 Å². The molecule has 0 aliphatic carbocycles. The molecule has 3 aromatic rings. The van der Waals surface area contributed by atoms with E-state index in [4.69, 9.17) is 0 Å². The predicted octanol–water partition coefficient (Wildman–Crippen LogP) is 6.02. The van der Waals surface area contributed by atoms with E-state index in [-0.39, 0.29) is 12.0 Å². The molecule has 3 heterocycles. The predicted molar refractivity (Wildman–Crippen MR) is 114 cm³/mol. The minimum absolute atomic E-state index is 0.164. The van der Waals surface area contributed by atoms with Gasteiger partial charge in [0.15, 0.2) is 0 Å². The van der Waals surface area contributed by atoms with Crippen molar-refractivity contribution in [3.05, 3.63) is 59.7 Å². The molecular formula is C21H22FN3O2S2. The molecule has 0 atom stereocenters. The summed E-state index contributed by atoms with van der Waals surface area (Å²) in [5, 5.41) is 9.62. The van der Waals surface area contributed by atoms with E-state index in [1.165, 1.54) is 34.2 Å². The van der Waals surface area contributed by atoms with Gasteiger partial charge in [0.05, 0.1) is 10.8 Å². The quantitative estimate of drug-likeness (QED) is 0.483. The summed E-state index contributed by atoms with van der Waals surface area (Å²) >= 11 is 2.98. The minimum atomic E-state index is -0.967. The van der Waals surface area contributed by atoms with E-state index in [0.29, 0.717) is 12.1 Å². The second-order valence-corrected chi connectivity index (χ2v) is 10.2. The van der Waals surface area contributed by atoms with Gasteiger partial charge in [0.25, 0.3) is 0 Å². The maximum atomic E-state index is 14.4. The van der Waals surface area contributed by atoms with Gasteiger partial charge in [-0.25, -0.2) is 9.78 Å². The van der Waals surface area contributed by atoms with Gasteiger partial charge >= 0.3 is 6.09 Å². The highest BCUT2D eigenvalue weighted by atomic mass is 32.2. The summed E-state index contributed by atoms with van der Waals surface area (Å²) in [6.45, 7) is 6.66. The molecule has 0 radical (unpaired) electrons. The zero-order chi connectivity index (χ0) is 21.0. The highest BCUT2D eigenvalue weighted by Gasteiger charge is 2.23. The fourth-order valence-electron chi connectivity index (χ4n) is 2.82. The van der Waals surface area contributed by atoms with E-state index in [2.05, 4.69) is 9.97 Å². The topological polar surface area (TPSA) is 66.3 Å². The Labute approximate surface area is 177 Å². The maximum Gasteiger partial charge on any atom is 0.407 e. The zero-order valence-corrected chi connectivity index (χ0v) is 18.1. The molecule has 0 aromatic carbocycles. The molecule has 0 spiro atoms. The van der Waals surface area contributed by atoms with Gasteiger partial charge < -0.3 is 10.0 Å². The second kappa shape index (κ2) is 8.92. The lowest BCUT2D eigenvalue weighted by Gasteiger charge is -2.27. The fraction of sp³-hybridized carbons (Fsp3) is 0.286. The number of nitrogens with zero attached hydrogens (tertiary/aromatic N) is 3. The van der Waals surface area contributed by atoms with Crippen LogP contribution in [0.5, 0.6) is 0 Å². The number of thiophene rings is 1. The Balaban J connectivity index is 1.97. The van der Waals surface area contributed by atoms with Crippen LogP contribution >= 0.6 is 23.1 Å². The first-order valence-corrected chi connectivity index (χ1v) is 10.7. The number of hydrogen-bond donors (Lipinski definition) is 1. The average molecular weight is 432 g/mol. The van der Waals surface area contributed by atoms with Crippen LogP contribution in [0.3, 0.4) is 0 Å². The van der Waals surface area contributed by atoms with Crippen LogP contribution < -0.4 is 0 Å². The van der Waals surface area contributed by atoms with Crippen molar-refractivity contribution in [2.24, 2.45) is 5.41 Å². The van der Waals surface area contributed by atoms with Crippen molar-refractivity contribution in [3.63, 3.8) is 0 Å². The number of aromatic nitrogens is 2. The molecular weight excluding hydrogens is 409 g/mol. The first-order valence-electron chi connectivity index (χ1n) is 9.02. The molecule has 152 valence electrons. The number of carbonyl (C=O) groups is 1. The van der Waals surface area contributed by atoms with Gasteiger partial charge in [0, 0.05) is 46.0 Å². The summed E-state index contributed by atoms with van der Waals surface area (Å²) in [7, 11) is 0. The van der Waals surface area contributed by atoms with Crippen molar-refractivity contribution in [2.45, 2.75) is 36.4 Å². The van der Waals surface area contributed by atoms with Crippen LogP contribution in [0.2, 0.25) is 0 Å². The maximum absolute atomic E-state index is 14.4. The third-order valence-corrected chi connectivity index (χ3v) is 6.27. The summed E-state index contributed by atoms with van der Waals surface area (Å²) in [4.78, 5) is 22.8. The molecule has 0 fully saturated rings. The summed E-state index contributed by atoms with van der Waals surface area (Å²) < 4.78 is 15.3. The summed E-state index contributed by atoms with van der Waals surface area (Å²) in [6, 6.07) is 9.02. The van der Waals surface area contributed by atoms with Gasteiger partial charge in [-0.15, -0.1) is 11.3 Å². The van der Waals surface area contributed by atoms with E-state index in [9.17, 15) is 14.3 Å². The van der Waals surface area contributed by atoms with Gasteiger partial charge in [-0.05, 0) is 35.7 Å². The van der Waals surface area contributed by atoms with Gasteiger partial charge in [0.2, 0.25) is 5.95 Å². The smallest absolute Gasteiger partial charge is 0.407 e. The van der Waals surface area contributed by atoms with Gasteiger partial charge in [-0.1, -0.05) is 32.5 Å². The van der Waals surface area contributed by atoms with E-state index in [1.54, 1.807) is 24.5 Å². The van der Waals surface area contributed by atoms with Crippen LogP contribution in [0.25, 0.3) is 11.1 Å². The molecule has 8 heteroatoms. The van der Waals surface area contributed by atoms with E-state index in [1.807, 2.05) is 39.0 Å². The van der Waals surface area contributed by atoms with Crippen molar-refractivity contribution in [1.82, 2.24) is 14.9 Å². The Kier molecular flexibility index (Phi) is 6.54. The van der Waals surface area contributed by atoms with Crippen molar-refractivity contribution in [3.8, 4) is 11.1 Å². The van der Waals surface area contributed by atoms with Gasteiger partial charge in [-0.2, -0.15) is 4.39 Å². The molecule has 0 aliphatic rings. The zero-order valence-electron chi connectivity index (χ0n) is 16.4. The van der Waals surface area contributed by atoms with Crippen molar-refractivity contribution in [1.29, 1.82) is 0 Å². The highest BCUT2D eigenvalue weighted by Crippen LogP contribution is 2.43. The van der Waals surface area contributed by atoms with Crippen molar-refractivity contribution >= 4 is 29.2 Å². The van der Waals surface area contributed by atoms with Gasteiger partial charge in [-0.3, -0.25) is 4.98 Å². The molecule has 0 aliphatic heterocycles. The van der Waals surface area contributed by atoms with Gasteiger partial charge in [0.1, 0.15) is 0 Å². The molecule has 0 bridgehead atoms. The molecule has 29 heavy (non-hydrogen) atoms. The number of pyridine rings is 2. The number of amides is 1. The van der Waals surface area contributed by atoms with Crippen molar-refractivity contribution < 1.29 is 14.3 Å². The lowest BCUT2D eigenvalue weighted by molar-refractivity contribution is 0.123. The number of halogens is 1. The third-order valence-electron chi connectivity index (χ3n) is 3.94. The largest absolute Gasteiger partial charge is 0.465 e. The van der Waals surface area contributed by atoms with E-state index in [0.717, 1.165) is 19.5 Å². The highest BCUT2D eigenvalue weighted by molar-refractivity contribution is 8.01. The lowest BCUT2D eigenvalue weighted by Crippen LogP contribution is -2.36. The van der Waals surface area contributed by atoms with Crippen LogP contribution in [0, 0.1) is 11.4 Å². The Morgan fingerprint density at radius 2 is 1.93 bits per heavy atom. The summed E-state index contributed by atoms with van der Waals surface area (Å²) in [5.41, 5.74) is 0.963. The molecule has 0 saturated heterocycles. The first-order chi connectivity index (χ1) is 13.7. The molecule has 5 nitrogen and oxygen atoms in total. The van der Waals surface area contributed by atoms with Crippen LogP contribution in [-0.4, -0.2) is 32.6 Å². The normalized spacial score (nSPS) is 11.4. The number of carboxylic acid groups (broad SMARTS) is 1. The molecule has 3 aromatic heterocycles. The first kappa shape index (κ1) is 21.3. The minimum Gasteiger partial charge on any atom is -0.465 e. The van der Waals surface area contributed by atoms with Crippen molar-refractivity contribution in [2.75, 3.05) is 6.54 Å². The Bertz CT molecular complexity index is 987. The SMILES string of the molecule is CC(C)(C)CN(Cc1cc(-c2cccnc2F)c(Sc2ccncc2)s1)C(=O)O.